The fraction of sp³-hybridized carbons (Fsp3) is 0.440. The summed E-state index contributed by atoms with van der Waals surface area (Å²) in [4.78, 5) is 27.8. The fourth-order valence-corrected chi connectivity index (χ4v) is 3.60. The second-order valence-electron chi connectivity index (χ2n) is 8.70. The molecule has 0 radical (unpaired) electrons. The maximum Gasteiger partial charge on any atom is 0.243 e. The van der Waals surface area contributed by atoms with Crippen LogP contribution in [0.25, 0.3) is 0 Å². The Bertz CT molecular complexity index is 898. The van der Waals surface area contributed by atoms with Gasteiger partial charge in [0.2, 0.25) is 11.8 Å². The van der Waals surface area contributed by atoms with Crippen LogP contribution < -0.4 is 10.1 Å². The molecule has 0 aliphatic heterocycles. The molecular formula is C25H32Cl2N2O3. The van der Waals surface area contributed by atoms with Crippen LogP contribution in [0, 0.1) is 0 Å². The number of carbonyl (C=O) groups excluding carboxylic acids is 2. The fourth-order valence-electron chi connectivity index (χ4n) is 3.28. The van der Waals surface area contributed by atoms with Crippen molar-refractivity contribution in [3.8, 4) is 5.75 Å². The molecule has 1 N–H and O–H groups in total. The molecule has 7 heteroatoms. The lowest BCUT2D eigenvalue weighted by atomic mass is 10.0. The number of para-hydroxylation sites is 1. The smallest absolute Gasteiger partial charge is 0.243 e. The first-order valence-electron chi connectivity index (χ1n) is 10.8. The number of amides is 2. The molecule has 174 valence electrons. The zero-order valence-electron chi connectivity index (χ0n) is 19.2. The molecule has 0 spiro atoms. The van der Waals surface area contributed by atoms with Gasteiger partial charge in [-0.25, -0.2) is 0 Å². The van der Waals surface area contributed by atoms with Crippen molar-refractivity contribution in [3.63, 3.8) is 0 Å². The van der Waals surface area contributed by atoms with E-state index in [2.05, 4.69) is 5.32 Å². The maximum absolute atomic E-state index is 13.2. The molecule has 0 aromatic heterocycles. The number of hydrogen-bond donors (Lipinski definition) is 1. The van der Waals surface area contributed by atoms with Gasteiger partial charge >= 0.3 is 0 Å². The van der Waals surface area contributed by atoms with Crippen LogP contribution in [0.4, 0.5) is 0 Å². The van der Waals surface area contributed by atoms with Crippen molar-refractivity contribution in [2.75, 3.05) is 6.61 Å². The third-order valence-electron chi connectivity index (χ3n) is 4.77. The summed E-state index contributed by atoms with van der Waals surface area (Å²) in [6, 6.07) is 14.1. The van der Waals surface area contributed by atoms with Crippen molar-refractivity contribution in [2.24, 2.45) is 0 Å². The van der Waals surface area contributed by atoms with E-state index >= 15 is 0 Å². The summed E-state index contributed by atoms with van der Waals surface area (Å²) in [6.45, 7) is 8.35. The normalized spacial score (nSPS) is 12.2. The summed E-state index contributed by atoms with van der Waals surface area (Å²) in [7, 11) is 0. The van der Waals surface area contributed by atoms with E-state index in [0.29, 0.717) is 29.5 Å². The summed E-state index contributed by atoms with van der Waals surface area (Å²) >= 11 is 12.2. The van der Waals surface area contributed by atoms with Crippen LogP contribution in [0.5, 0.6) is 5.75 Å². The minimum absolute atomic E-state index is 0.108. The van der Waals surface area contributed by atoms with Gasteiger partial charge in [0.25, 0.3) is 0 Å². The van der Waals surface area contributed by atoms with Gasteiger partial charge in [0.05, 0.1) is 16.7 Å². The largest absolute Gasteiger partial charge is 0.494 e. The van der Waals surface area contributed by atoms with Gasteiger partial charge in [0.1, 0.15) is 11.8 Å². The lowest BCUT2D eigenvalue weighted by Gasteiger charge is -2.33. The molecule has 0 saturated heterocycles. The zero-order chi connectivity index (χ0) is 23.7. The predicted octanol–water partition coefficient (Wildman–Crippen LogP) is 5.87. The van der Waals surface area contributed by atoms with E-state index in [-0.39, 0.29) is 24.8 Å². The molecule has 0 fully saturated rings. The molecule has 2 aromatic rings. The number of ether oxygens (including phenoxy) is 1. The molecule has 2 rings (SSSR count). The van der Waals surface area contributed by atoms with Crippen LogP contribution in [0.2, 0.25) is 10.0 Å². The van der Waals surface area contributed by atoms with Crippen molar-refractivity contribution in [3.05, 3.63) is 64.1 Å². The van der Waals surface area contributed by atoms with Gasteiger partial charge in [-0.3, -0.25) is 9.59 Å². The molecule has 0 aliphatic carbocycles. The quantitative estimate of drug-likeness (QED) is 0.434. The van der Waals surface area contributed by atoms with Gasteiger partial charge < -0.3 is 15.0 Å². The minimum Gasteiger partial charge on any atom is -0.494 e. The van der Waals surface area contributed by atoms with Crippen molar-refractivity contribution in [2.45, 2.75) is 65.1 Å². The SMILES string of the molecule is CC[C@@H](C(=O)NC(C)(C)C)N(Cc1ccc(Cl)c(Cl)c1)C(=O)CCCOc1ccccc1. The average Bonchev–Trinajstić information content (AvgIpc) is 2.73. The van der Waals surface area contributed by atoms with Gasteiger partial charge in [0, 0.05) is 18.5 Å². The van der Waals surface area contributed by atoms with Crippen LogP contribution in [0.1, 0.15) is 52.5 Å². The summed E-state index contributed by atoms with van der Waals surface area (Å²) < 4.78 is 5.70. The Morgan fingerprint density at radius 2 is 1.75 bits per heavy atom. The highest BCUT2D eigenvalue weighted by Gasteiger charge is 2.30. The molecule has 0 bridgehead atoms. The number of rotatable bonds is 10. The highest BCUT2D eigenvalue weighted by Crippen LogP contribution is 2.24. The van der Waals surface area contributed by atoms with Gasteiger partial charge in [-0.1, -0.05) is 54.4 Å². The Morgan fingerprint density at radius 3 is 2.34 bits per heavy atom. The number of hydrogen-bond acceptors (Lipinski definition) is 3. The minimum atomic E-state index is -0.591. The Labute approximate surface area is 201 Å². The van der Waals surface area contributed by atoms with E-state index < -0.39 is 11.6 Å². The predicted molar refractivity (Wildman–Crippen MR) is 130 cm³/mol. The second-order valence-corrected chi connectivity index (χ2v) is 9.51. The standard InChI is InChI=1S/C25H32Cl2N2O3/c1-5-22(24(31)28-25(2,3)4)29(17-18-13-14-20(26)21(27)16-18)23(30)12-9-15-32-19-10-7-6-8-11-19/h6-8,10-11,13-14,16,22H,5,9,12,15,17H2,1-4H3,(H,28,31)/t22-/m0/s1. The first-order chi connectivity index (χ1) is 15.1. The van der Waals surface area contributed by atoms with Gasteiger partial charge in [-0.2, -0.15) is 0 Å². The van der Waals surface area contributed by atoms with E-state index in [1.807, 2.05) is 64.1 Å². The Hall–Kier alpha value is -2.24. The monoisotopic (exact) mass is 478 g/mol. The van der Waals surface area contributed by atoms with E-state index in [0.717, 1.165) is 11.3 Å². The maximum atomic E-state index is 13.2. The highest BCUT2D eigenvalue weighted by atomic mass is 35.5. The Balaban J connectivity index is 2.12. The van der Waals surface area contributed by atoms with E-state index in [4.69, 9.17) is 27.9 Å². The molecule has 2 amide bonds. The molecule has 5 nitrogen and oxygen atoms in total. The molecule has 1 atom stereocenters. The van der Waals surface area contributed by atoms with E-state index in [1.54, 1.807) is 17.0 Å². The van der Waals surface area contributed by atoms with Crippen LogP contribution in [-0.2, 0) is 16.1 Å². The summed E-state index contributed by atoms with van der Waals surface area (Å²) in [5.41, 5.74) is 0.419. The average molecular weight is 479 g/mol. The third kappa shape index (κ3) is 8.36. The summed E-state index contributed by atoms with van der Waals surface area (Å²) in [5, 5.41) is 3.86. The summed E-state index contributed by atoms with van der Waals surface area (Å²) in [5.74, 6) is 0.487. The molecule has 0 aliphatic rings. The van der Waals surface area contributed by atoms with Crippen molar-refractivity contribution in [1.29, 1.82) is 0 Å². The third-order valence-corrected chi connectivity index (χ3v) is 5.51. The molecule has 0 unspecified atom stereocenters. The Kier molecular flexibility index (Phi) is 9.85. The Morgan fingerprint density at radius 1 is 1.06 bits per heavy atom. The second kappa shape index (κ2) is 12.1. The lowest BCUT2D eigenvalue weighted by Crippen LogP contribution is -2.53. The molecular weight excluding hydrogens is 447 g/mol. The van der Waals surface area contributed by atoms with Crippen LogP contribution in [-0.4, -0.2) is 34.9 Å². The molecule has 2 aromatic carbocycles. The molecule has 32 heavy (non-hydrogen) atoms. The molecule has 0 heterocycles. The lowest BCUT2D eigenvalue weighted by molar-refractivity contribution is -0.142. The van der Waals surface area contributed by atoms with Gasteiger partial charge in [0.15, 0.2) is 0 Å². The van der Waals surface area contributed by atoms with Crippen LogP contribution in [0.3, 0.4) is 0 Å². The number of carbonyl (C=O) groups is 2. The van der Waals surface area contributed by atoms with Crippen LogP contribution in [0.15, 0.2) is 48.5 Å². The molecule has 0 saturated carbocycles. The van der Waals surface area contributed by atoms with Gasteiger partial charge in [-0.05, 0) is 63.4 Å². The number of nitrogens with one attached hydrogen (secondary N) is 1. The van der Waals surface area contributed by atoms with Crippen LogP contribution >= 0.6 is 23.2 Å². The van der Waals surface area contributed by atoms with Gasteiger partial charge in [-0.15, -0.1) is 0 Å². The van der Waals surface area contributed by atoms with Crippen molar-refractivity contribution in [1.82, 2.24) is 10.2 Å². The van der Waals surface area contributed by atoms with Crippen molar-refractivity contribution < 1.29 is 14.3 Å². The number of benzene rings is 2. The highest BCUT2D eigenvalue weighted by molar-refractivity contribution is 6.42. The number of nitrogens with zero attached hydrogens (tertiary/aromatic N) is 1. The van der Waals surface area contributed by atoms with Crippen molar-refractivity contribution >= 4 is 35.0 Å². The van der Waals surface area contributed by atoms with E-state index in [9.17, 15) is 9.59 Å². The first kappa shape index (κ1) is 26.0. The topological polar surface area (TPSA) is 58.6 Å². The first-order valence-corrected chi connectivity index (χ1v) is 11.6. The zero-order valence-corrected chi connectivity index (χ0v) is 20.7. The summed E-state index contributed by atoms with van der Waals surface area (Å²) in [6.07, 6.45) is 1.31. The number of halogens is 2. The van der Waals surface area contributed by atoms with E-state index in [1.165, 1.54) is 0 Å².